The van der Waals surface area contributed by atoms with Crippen molar-refractivity contribution >= 4 is 34.7 Å². The van der Waals surface area contributed by atoms with Crippen molar-refractivity contribution in [2.24, 2.45) is 5.92 Å². The summed E-state index contributed by atoms with van der Waals surface area (Å²) in [7, 11) is 0. The monoisotopic (exact) mass is 400 g/mol. The molecule has 6 heteroatoms. The number of ether oxygens (including phenoxy) is 1. The minimum atomic E-state index is -0.0823. The molecule has 0 saturated carbocycles. The largest absolute Gasteiger partial charge is 0.489 e. The number of amides is 1. The summed E-state index contributed by atoms with van der Waals surface area (Å²) in [6, 6.07) is 15.6. The second-order valence-corrected chi connectivity index (χ2v) is 7.85. The average molecular weight is 401 g/mol. The van der Waals surface area contributed by atoms with Crippen molar-refractivity contribution in [3.8, 4) is 5.75 Å². The Hall–Kier alpha value is -2.37. The lowest BCUT2D eigenvalue weighted by molar-refractivity contribution is -0.118. The Morgan fingerprint density at radius 3 is 2.74 bits per heavy atom. The Morgan fingerprint density at radius 1 is 1.22 bits per heavy atom. The van der Waals surface area contributed by atoms with Crippen molar-refractivity contribution in [2.45, 2.75) is 26.9 Å². The van der Waals surface area contributed by atoms with Gasteiger partial charge in [0.2, 0.25) is 5.91 Å². The quantitative estimate of drug-likeness (QED) is 0.564. The fraction of sp³-hybridized carbons (Fsp3) is 0.238. The van der Waals surface area contributed by atoms with E-state index in [0.717, 1.165) is 21.9 Å². The zero-order chi connectivity index (χ0) is 19.2. The summed E-state index contributed by atoms with van der Waals surface area (Å²) in [6.45, 7) is 4.19. The third kappa shape index (κ3) is 5.55. The average Bonchev–Trinajstić information content (AvgIpc) is 3.08. The van der Waals surface area contributed by atoms with Crippen LogP contribution in [0.15, 0.2) is 53.9 Å². The molecule has 0 saturated heterocycles. The molecule has 2 aromatic carbocycles. The minimum Gasteiger partial charge on any atom is -0.489 e. The van der Waals surface area contributed by atoms with Gasteiger partial charge in [-0.2, -0.15) is 0 Å². The highest BCUT2D eigenvalue weighted by Gasteiger charge is 2.12. The molecule has 1 N–H and O–H groups in total. The van der Waals surface area contributed by atoms with E-state index >= 15 is 0 Å². The number of anilines is 1. The van der Waals surface area contributed by atoms with Gasteiger partial charge in [-0.25, -0.2) is 4.98 Å². The molecule has 1 heterocycles. The Labute approximate surface area is 168 Å². The van der Waals surface area contributed by atoms with Crippen LogP contribution < -0.4 is 10.1 Å². The number of thiazole rings is 1. The molecule has 0 radical (unpaired) electrons. The van der Waals surface area contributed by atoms with Crippen LogP contribution >= 0.6 is 22.9 Å². The molecule has 4 nitrogen and oxygen atoms in total. The predicted octanol–water partition coefficient (Wildman–Crippen LogP) is 5.56. The topological polar surface area (TPSA) is 51.2 Å². The van der Waals surface area contributed by atoms with Crippen LogP contribution in [0, 0.1) is 5.92 Å². The molecule has 0 aliphatic rings. The standard InChI is InChI=1S/C21H21ClN2O2S/c1-14(2)21(25)24-19-13-27-20(23-19)11-16-10-17(22)8-9-18(16)26-12-15-6-4-3-5-7-15/h3-10,13-14H,11-12H2,1-2H3,(H,24,25). The third-order valence-electron chi connectivity index (χ3n) is 3.93. The summed E-state index contributed by atoms with van der Waals surface area (Å²) < 4.78 is 6.00. The fourth-order valence-corrected chi connectivity index (χ4v) is 3.39. The number of nitrogens with zero attached hydrogens (tertiary/aromatic N) is 1. The summed E-state index contributed by atoms with van der Waals surface area (Å²) in [5.41, 5.74) is 2.07. The maximum absolute atomic E-state index is 11.8. The molecule has 1 aromatic heterocycles. The summed E-state index contributed by atoms with van der Waals surface area (Å²) in [6.07, 6.45) is 0.590. The van der Waals surface area contributed by atoms with Crippen molar-refractivity contribution in [3.05, 3.63) is 75.1 Å². The summed E-state index contributed by atoms with van der Waals surface area (Å²) in [4.78, 5) is 16.3. The van der Waals surface area contributed by atoms with E-state index in [4.69, 9.17) is 16.3 Å². The van der Waals surface area contributed by atoms with Crippen LogP contribution in [0.3, 0.4) is 0 Å². The Kier molecular flexibility index (Phi) is 6.48. The van der Waals surface area contributed by atoms with E-state index < -0.39 is 0 Å². The number of halogens is 1. The molecule has 0 aliphatic carbocycles. The number of benzene rings is 2. The van der Waals surface area contributed by atoms with E-state index in [1.807, 2.05) is 67.8 Å². The smallest absolute Gasteiger partial charge is 0.228 e. The van der Waals surface area contributed by atoms with Crippen molar-refractivity contribution in [3.63, 3.8) is 0 Å². The number of carbonyl (C=O) groups is 1. The molecule has 1 amide bonds. The van der Waals surface area contributed by atoms with Gasteiger partial charge in [-0.1, -0.05) is 55.8 Å². The van der Waals surface area contributed by atoms with Crippen molar-refractivity contribution < 1.29 is 9.53 Å². The van der Waals surface area contributed by atoms with Gasteiger partial charge in [0.15, 0.2) is 0 Å². The van der Waals surface area contributed by atoms with Gasteiger partial charge in [0.05, 0.1) is 5.01 Å². The van der Waals surface area contributed by atoms with Crippen LogP contribution in [0.4, 0.5) is 5.82 Å². The van der Waals surface area contributed by atoms with Crippen molar-refractivity contribution in [1.29, 1.82) is 0 Å². The van der Waals surface area contributed by atoms with Gasteiger partial charge in [0.25, 0.3) is 0 Å². The maximum atomic E-state index is 11.8. The van der Waals surface area contributed by atoms with Crippen LogP contribution in [-0.4, -0.2) is 10.9 Å². The first-order valence-electron chi connectivity index (χ1n) is 8.71. The van der Waals surface area contributed by atoms with Crippen molar-refractivity contribution in [1.82, 2.24) is 4.98 Å². The van der Waals surface area contributed by atoms with Crippen LogP contribution in [0.5, 0.6) is 5.75 Å². The molecule has 0 unspecified atom stereocenters. The van der Waals surface area contributed by atoms with Gasteiger partial charge < -0.3 is 10.1 Å². The fourth-order valence-electron chi connectivity index (χ4n) is 2.45. The van der Waals surface area contributed by atoms with Gasteiger partial charge in [0.1, 0.15) is 18.2 Å². The second kappa shape index (κ2) is 9.02. The van der Waals surface area contributed by atoms with Crippen LogP contribution in [0.2, 0.25) is 5.02 Å². The molecule has 0 aliphatic heterocycles. The third-order valence-corrected chi connectivity index (χ3v) is 5.01. The number of rotatable bonds is 7. The lowest BCUT2D eigenvalue weighted by Crippen LogP contribution is -2.17. The van der Waals surface area contributed by atoms with Crippen LogP contribution in [0.1, 0.15) is 30.0 Å². The molecule has 0 fully saturated rings. The van der Waals surface area contributed by atoms with Crippen LogP contribution in [-0.2, 0) is 17.8 Å². The Bertz CT molecular complexity index is 910. The Morgan fingerprint density at radius 2 is 2.00 bits per heavy atom. The van der Waals surface area contributed by atoms with Crippen LogP contribution in [0.25, 0.3) is 0 Å². The highest BCUT2D eigenvalue weighted by Crippen LogP contribution is 2.28. The van der Waals surface area contributed by atoms with Gasteiger partial charge in [-0.15, -0.1) is 11.3 Å². The lowest BCUT2D eigenvalue weighted by Gasteiger charge is -2.11. The van der Waals surface area contributed by atoms with E-state index in [-0.39, 0.29) is 11.8 Å². The number of nitrogens with one attached hydrogen (secondary N) is 1. The summed E-state index contributed by atoms with van der Waals surface area (Å²) in [5.74, 6) is 1.25. The molecular weight excluding hydrogens is 380 g/mol. The summed E-state index contributed by atoms with van der Waals surface area (Å²) in [5, 5.41) is 6.22. The molecule has 0 bridgehead atoms. The highest BCUT2D eigenvalue weighted by molar-refractivity contribution is 7.10. The highest BCUT2D eigenvalue weighted by atomic mass is 35.5. The van der Waals surface area contributed by atoms with E-state index in [2.05, 4.69) is 10.3 Å². The number of hydrogen-bond donors (Lipinski definition) is 1. The number of carbonyl (C=O) groups excluding carboxylic acids is 1. The molecule has 140 valence electrons. The molecule has 0 spiro atoms. The van der Waals surface area contributed by atoms with Gasteiger partial charge in [-0.3, -0.25) is 4.79 Å². The molecule has 27 heavy (non-hydrogen) atoms. The van der Waals surface area contributed by atoms with Gasteiger partial charge in [-0.05, 0) is 23.8 Å². The minimum absolute atomic E-state index is 0.0403. The predicted molar refractivity (Wildman–Crippen MR) is 111 cm³/mol. The normalized spacial score (nSPS) is 10.8. The van der Waals surface area contributed by atoms with E-state index in [9.17, 15) is 4.79 Å². The number of aromatic nitrogens is 1. The molecule has 3 aromatic rings. The van der Waals surface area contributed by atoms with E-state index in [1.54, 1.807) is 0 Å². The SMILES string of the molecule is CC(C)C(=O)Nc1csc(Cc2cc(Cl)ccc2OCc2ccccc2)n1. The first-order valence-corrected chi connectivity index (χ1v) is 9.97. The molecule has 3 rings (SSSR count). The van der Waals surface area contributed by atoms with E-state index in [1.165, 1.54) is 11.3 Å². The van der Waals surface area contributed by atoms with E-state index in [0.29, 0.717) is 23.9 Å². The summed E-state index contributed by atoms with van der Waals surface area (Å²) >= 11 is 7.68. The lowest BCUT2D eigenvalue weighted by atomic mass is 10.1. The van der Waals surface area contributed by atoms with Gasteiger partial charge in [0, 0.05) is 28.3 Å². The maximum Gasteiger partial charge on any atom is 0.228 e. The first kappa shape index (κ1) is 19.4. The van der Waals surface area contributed by atoms with Crippen molar-refractivity contribution in [2.75, 3.05) is 5.32 Å². The van der Waals surface area contributed by atoms with Gasteiger partial charge >= 0.3 is 0 Å². The molecule has 0 atom stereocenters. The zero-order valence-electron chi connectivity index (χ0n) is 15.2. The Balaban J connectivity index is 1.71. The molecular formula is C21H21ClN2O2S. The zero-order valence-corrected chi connectivity index (χ0v) is 16.8. The second-order valence-electron chi connectivity index (χ2n) is 6.47. The number of hydrogen-bond acceptors (Lipinski definition) is 4. The first-order chi connectivity index (χ1) is 13.0.